The minimum atomic E-state index is -0.171. The van der Waals surface area contributed by atoms with Crippen LogP contribution in [0.15, 0.2) is 66.7 Å². The summed E-state index contributed by atoms with van der Waals surface area (Å²) in [4.78, 5) is 17.6. The molecule has 0 spiro atoms. The van der Waals surface area contributed by atoms with Crippen molar-refractivity contribution in [3.8, 4) is 23.0 Å². The molecule has 0 aliphatic rings. The third-order valence-electron chi connectivity index (χ3n) is 6.59. The molecule has 0 saturated carbocycles. The Labute approximate surface area is 235 Å². The second-order valence-corrected chi connectivity index (χ2v) is 9.21. The number of hydrogen-bond donors (Lipinski definition) is 1. The van der Waals surface area contributed by atoms with E-state index in [9.17, 15) is 4.79 Å². The number of ether oxygens (including phenoxy) is 4. The second kappa shape index (κ2) is 14.1. The normalized spacial score (nSPS) is 11.1. The minimum Gasteiger partial charge on any atom is -0.493 e. The molecule has 1 N–H and O–H groups in total. The first-order valence-corrected chi connectivity index (χ1v) is 13.5. The van der Waals surface area contributed by atoms with Crippen LogP contribution in [0, 0.1) is 0 Å². The molecule has 1 amide bonds. The van der Waals surface area contributed by atoms with Crippen molar-refractivity contribution in [3.05, 3.63) is 83.7 Å². The van der Waals surface area contributed by atoms with Gasteiger partial charge in [0.25, 0.3) is 5.91 Å². The van der Waals surface area contributed by atoms with Crippen LogP contribution in [0.4, 0.5) is 0 Å². The predicted molar refractivity (Wildman–Crippen MR) is 158 cm³/mol. The molecule has 0 unspecified atom stereocenters. The van der Waals surface area contributed by atoms with Crippen LogP contribution >= 0.6 is 0 Å². The number of nitrogens with zero attached hydrogens (tertiary/aromatic N) is 2. The van der Waals surface area contributed by atoms with E-state index >= 15 is 0 Å². The van der Waals surface area contributed by atoms with Gasteiger partial charge in [-0.25, -0.2) is 4.98 Å². The number of amides is 1. The van der Waals surface area contributed by atoms with Gasteiger partial charge in [-0.1, -0.05) is 30.4 Å². The number of carbonyl (C=O) groups excluding carboxylic acids is 1. The summed E-state index contributed by atoms with van der Waals surface area (Å²) < 4.78 is 24.3. The number of hydrogen-bond acceptors (Lipinski definition) is 6. The Kier molecular flexibility index (Phi) is 10.0. The Morgan fingerprint density at radius 1 is 0.900 bits per heavy atom. The molecule has 4 rings (SSSR count). The maximum atomic E-state index is 12.8. The number of allylic oxidation sites excluding steroid dienone is 1. The van der Waals surface area contributed by atoms with Gasteiger partial charge in [-0.3, -0.25) is 4.79 Å². The highest BCUT2D eigenvalue weighted by atomic mass is 16.5. The van der Waals surface area contributed by atoms with E-state index in [1.165, 1.54) is 0 Å². The largest absolute Gasteiger partial charge is 0.493 e. The van der Waals surface area contributed by atoms with Gasteiger partial charge in [0.05, 0.1) is 39.0 Å². The van der Waals surface area contributed by atoms with Crippen LogP contribution in [0.25, 0.3) is 17.1 Å². The van der Waals surface area contributed by atoms with Crippen molar-refractivity contribution in [2.45, 2.75) is 32.7 Å². The number of aromatic nitrogens is 2. The molecule has 8 heteroatoms. The van der Waals surface area contributed by atoms with Crippen LogP contribution < -0.4 is 24.3 Å². The van der Waals surface area contributed by atoms with Gasteiger partial charge in [0, 0.05) is 25.1 Å². The van der Waals surface area contributed by atoms with Crippen molar-refractivity contribution >= 4 is 23.0 Å². The highest BCUT2D eigenvalue weighted by Crippen LogP contribution is 2.29. The van der Waals surface area contributed by atoms with Gasteiger partial charge in [-0.2, -0.15) is 0 Å². The van der Waals surface area contributed by atoms with Gasteiger partial charge < -0.3 is 28.8 Å². The molecular formula is C32H37N3O5. The average molecular weight is 544 g/mol. The Bertz CT molecular complexity index is 1460. The number of methoxy groups -OCH3 is 3. The first kappa shape index (κ1) is 28.5. The number of aryl methyl sites for hydroxylation is 1. The Balaban J connectivity index is 1.34. The van der Waals surface area contributed by atoms with Gasteiger partial charge in [0.15, 0.2) is 23.0 Å². The molecule has 8 nitrogen and oxygen atoms in total. The van der Waals surface area contributed by atoms with Gasteiger partial charge in [-0.05, 0) is 67.8 Å². The van der Waals surface area contributed by atoms with Crippen molar-refractivity contribution < 1.29 is 23.7 Å². The number of fused-ring (bicyclic) bond motifs is 1. The quantitative estimate of drug-likeness (QED) is 0.199. The third kappa shape index (κ3) is 6.94. The Morgan fingerprint density at radius 3 is 2.42 bits per heavy atom. The zero-order chi connectivity index (χ0) is 28.3. The van der Waals surface area contributed by atoms with Crippen molar-refractivity contribution in [2.75, 3.05) is 34.5 Å². The summed E-state index contributed by atoms with van der Waals surface area (Å²) in [7, 11) is 4.77. The van der Waals surface area contributed by atoms with Crippen LogP contribution in [0.3, 0.4) is 0 Å². The molecule has 1 aromatic heterocycles. The molecule has 0 aliphatic heterocycles. The van der Waals surface area contributed by atoms with E-state index in [1.54, 1.807) is 39.5 Å². The molecule has 0 saturated heterocycles. The second-order valence-electron chi connectivity index (χ2n) is 9.21. The smallest absolute Gasteiger partial charge is 0.251 e. The lowest BCUT2D eigenvalue weighted by Gasteiger charge is -2.13. The highest BCUT2D eigenvalue weighted by molar-refractivity contribution is 5.94. The van der Waals surface area contributed by atoms with E-state index in [1.807, 2.05) is 55.5 Å². The average Bonchev–Trinajstić information content (AvgIpc) is 3.34. The standard InChI is InChI=1S/C32H37N3O5/c1-5-10-23-13-15-28(29(21-23)38-3)40-20-9-8-19-35-26-12-7-6-11-25(26)34-31(35)17-18-33-32(36)24-14-16-27(37-2)30(22-24)39-4/h5-7,10-16,21-22H,8-9,17-20H2,1-4H3,(H,33,36)/b10-5+. The highest BCUT2D eigenvalue weighted by Gasteiger charge is 2.13. The fourth-order valence-electron chi connectivity index (χ4n) is 4.59. The minimum absolute atomic E-state index is 0.171. The van der Waals surface area contributed by atoms with Crippen molar-refractivity contribution in [2.24, 2.45) is 0 Å². The number of benzene rings is 3. The fourth-order valence-corrected chi connectivity index (χ4v) is 4.59. The van der Waals surface area contributed by atoms with Gasteiger partial charge in [0.2, 0.25) is 0 Å². The van der Waals surface area contributed by atoms with E-state index in [0.717, 1.165) is 53.3 Å². The van der Waals surface area contributed by atoms with E-state index in [-0.39, 0.29) is 5.91 Å². The van der Waals surface area contributed by atoms with Crippen LogP contribution in [-0.2, 0) is 13.0 Å². The topological polar surface area (TPSA) is 83.8 Å². The first-order chi connectivity index (χ1) is 19.6. The molecule has 0 aliphatic carbocycles. The van der Waals surface area contributed by atoms with Crippen LogP contribution in [-0.4, -0.2) is 49.9 Å². The number of rotatable bonds is 14. The zero-order valence-corrected chi connectivity index (χ0v) is 23.6. The summed E-state index contributed by atoms with van der Waals surface area (Å²) in [5.41, 5.74) is 3.63. The van der Waals surface area contributed by atoms with Crippen molar-refractivity contribution in [1.82, 2.24) is 14.9 Å². The molecule has 0 radical (unpaired) electrons. The first-order valence-electron chi connectivity index (χ1n) is 13.5. The van der Waals surface area contributed by atoms with Crippen molar-refractivity contribution in [3.63, 3.8) is 0 Å². The van der Waals surface area contributed by atoms with Crippen LogP contribution in [0.2, 0.25) is 0 Å². The van der Waals surface area contributed by atoms with E-state index in [4.69, 9.17) is 23.9 Å². The number of unbranched alkanes of at least 4 members (excludes halogenated alkanes) is 1. The number of para-hydroxylation sites is 2. The number of imidazole rings is 1. The SMILES string of the molecule is C/C=C/c1ccc(OCCCCn2c(CCNC(=O)c3ccc(OC)c(OC)c3)nc3ccccc32)c(OC)c1. The van der Waals surface area contributed by atoms with Crippen LogP contribution in [0.5, 0.6) is 23.0 Å². The third-order valence-corrected chi connectivity index (χ3v) is 6.59. The molecule has 4 aromatic rings. The Morgan fingerprint density at radius 2 is 1.65 bits per heavy atom. The molecule has 0 atom stereocenters. The molecule has 1 heterocycles. The summed E-state index contributed by atoms with van der Waals surface area (Å²) in [6.07, 6.45) is 6.43. The maximum Gasteiger partial charge on any atom is 0.251 e. The lowest BCUT2D eigenvalue weighted by Crippen LogP contribution is -2.26. The van der Waals surface area contributed by atoms with Crippen molar-refractivity contribution in [1.29, 1.82) is 0 Å². The van der Waals surface area contributed by atoms with Gasteiger partial charge >= 0.3 is 0 Å². The molecular weight excluding hydrogens is 506 g/mol. The van der Waals surface area contributed by atoms with Gasteiger partial charge in [-0.15, -0.1) is 0 Å². The molecule has 40 heavy (non-hydrogen) atoms. The summed E-state index contributed by atoms with van der Waals surface area (Å²) in [5, 5.41) is 3.00. The molecule has 0 fully saturated rings. The molecule has 210 valence electrons. The monoisotopic (exact) mass is 543 g/mol. The van der Waals surface area contributed by atoms with Gasteiger partial charge in [0.1, 0.15) is 5.82 Å². The predicted octanol–water partition coefficient (Wildman–Crippen LogP) is 5.93. The number of nitrogens with one attached hydrogen (secondary N) is 1. The Hall–Kier alpha value is -4.46. The summed E-state index contributed by atoms with van der Waals surface area (Å²) in [6.45, 7) is 3.84. The summed E-state index contributed by atoms with van der Waals surface area (Å²) in [5.74, 6) is 3.35. The summed E-state index contributed by atoms with van der Waals surface area (Å²) in [6, 6.07) is 19.2. The lowest BCUT2D eigenvalue weighted by atomic mass is 10.2. The zero-order valence-electron chi connectivity index (χ0n) is 23.6. The fraction of sp³-hybridized carbons (Fsp3) is 0.312. The maximum absolute atomic E-state index is 12.8. The molecule has 0 bridgehead atoms. The van der Waals surface area contributed by atoms with E-state index < -0.39 is 0 Å². The van der Waals surface area contributed by atoms with E-state index in [2.05, 4.69) is 16.0 Å². The number of carbonyl (C=O) groups is 1. The van der Waals surface area contributed by atoms with Crippen LogP contribution in [0.1, 0.15) is 41.5 Å². The molecule has 3 aromatic carbocycles. The summed E-state index contributed by atoms with van der Waals surface area (Å²) >= 11 is 0. The van der Waals surface area contributed by atoms with E-state index in [0.29, 0.717) is 36.6 Å². The lowest BCUT2D eigenvalue weighted by molar-refractivity contribution is 0.0953.